The SMILES string of the molecule is CNCC(C)CNC(C)Cc1ccco1. The maximum atomic E-state index is 5.31. The van der Waals surface area contributed by atoms with Crippen LogP contribution in [0.25, 0.3) is 0 Å². The molecule has 0 saturated heterocycles. The summed E-state index contributed by atoms with van der Waals surface area (Å²) in [4.78, 5) is 0. The summed E-state index contributed by atoms with van der Waals surface area (Å²) in [6, 6.07) is 4.43. The molecule has 0 amide bonds. The molecule has 0 aliphatic rings. The Kier molecular flexibility index (Phi) is 5.43. The summed E-state index contributed by atoms with van der Waals surface area (Å²) in [5.41, 5.74) is 0. The minimum absolute atomic E-state index is 0.468. The normalized spacial score (nSPS) is 15.1. The Balaban J connectivity index is 2.16. The fraction of sp³-hybridized carbons (Fsp3) is 0.667. The number of rotatable bonds is 7. The molecule has 0 fully saturated rings. The molecule has 0 bridgehead atoms. The van der Waals surface area contributed by atoms with Crippen LogP contribution in [0, 0.1) is 5.92 Å². The van der Waals surface area contributed by atoms with Crippen molar-refractivity contribution in [1.82, 2.24) is 10.6 Å². The largest absolute Gasteiger partial charge is 0.469 e. The van der Waals surface area contributed by atoms with Gasteiger partial charge in [-0.05, 0) is 45.1 Å². The van der Waals surface area contributed by atoms with Gasteiger partial charge in [-0.2, -0.15) is 0 Å². The summed E-state index contributed by atoms with van der Waals surface area (Å²) < 4.78 is 5.31. The summed E-state index contributed by atoms with van der Waals surface area (Å²) in [6.07, 6.45) is 2.69. The molecule has 0 aromatic carbocycles. The topological polar surface area (TPSA) is 37.2 Å². The highest BCUT2D eigenvalue weighted by molar-refractivity contribution is 4.99. The summed E-state index contributed by atoms with van der Waals surface area (Å²) in [7, 11) is 1.99. The quantitative estimate of drug-likeness (QED) is 0.718. The Morgan fingerprint density at radius 3 is 2.73 bits per heavy atom. The van der Waals surface area contributed by atoms with Gasteiger partial charge in [-0.25, -0.2) is 0 Å². The Labute approximate surface area is 92.2 Å². The molecule has 0 spiro atoms. The van der Waals surface area contributed by atoms with Gasteiger partial charge >= 0.3 is 0 Å². The predicted octanol–water partition coefficient (Wildman–Crippen LogP) is 1.66. The molecule has 0 saturated carbocycles. The van der Waals surface area contributed by atoms with Gasteiger partial charge in [0, 0.05) is 12.5 Å². The van der Waals surface area contributed by atoms with E-state index >= 15 is 0 Å². The fourth-order valence-corrected chi connectivity index (χ4v) is 1.63. The summed E-state index contributed by atoms with van der Waals surface area (Å²) >= 11 is 0. The molecule has 2 N–H and O–H groups in total. The number of hydrogen-bond acceptors (Lipinski definition) is 3. The standard InChI is InChI=1S/C12H22N2O/c1-10(8-13-3)9-14-11(2)7-12-5-4-6-15-12/h4-6,10-11,13-14H,7-9H2,1-3H3. The van der Waals surface area contributed by atoms with E-state index in [4.69, 9.17) is 4.42 Å². The highest BCUT2D eigenvalue weighted by Crippen LogP contribution is 2.04. The Morgan fingerprint density at radius 2 is 2.13 bits per heavy atom. The van der Waals surface area contributed by atoms with Crippen molar-refractivity contribution in [1.29, 1.82) is 0 Å². The first-order chi connectivity index (χ1) is 7.22. The highest BCUT2D eigenvalue weighted by Gasteiger charge is 2.07. The van der Waals surface area contributed by atoms with Crippen molar-refractivity contribution >= 4 is 0 Å². The third-order valence-electron chi connectivity index (χ3n) is 2.45. The molecule has 1 heterocycles. The minimum Gasteiger partial charge on any atom is -0.469 e. The monoisotopic (exact) mass is 210 g/mol. The summed E-state index contributed by atoms with van der Waals surface area (Å²) in [5.74, 6) is 1.71. The molecule has 86 valence electrons. The highest BCUT2D eigenvalue weighted by atomic mass is 16.3. The van der Waals surface area contributed by atoms with Crippen molar-refractivity contribution in [2.24, 2.45) is 5.92 Å². The molecule has 3 heteroatoms. The maximum absolute atomic E-state index is 5.31. The van der Waals surface area contributed by atoms with Crippen LogP contribution in [0.15, 0.2) is 22.8 Å². The van der Waals surface area contributed by atoms with Gasteiger partial charge in [0.2, 0.25) is 0 Å². The van der Waals surface area contributed by atoms with Crippen molar-refractivity contribution in [2.75, 3.05) is 20.1 Å². The Bertz CT molecular complexity index is 246. The Morgan fingerprint density at radius 1 is 1.33 bits per heavy atom. The number of hydrogen-bond donors (Lipinski definition) is 2. The van der Waals surface area contributed by atoms with Crippen LogP contribution in [0.4, 0.5) is 0 Å². The van der Waals surface area contributed by atoms with E-state index < -0.39 is 0 Å². The molecule has 0 radical (unpaired) electrons. The molecular weight excluding hydrogens is 188 g/mol. The maximum Gasteiger partial charge on any atom is 0.105 e. The lowest BCUT2D eigenvalue weighted by molar-refractivity contribution is 0.420. The van der Waals surface area contributed by atoms with Crippen molar-refractivity contribution in [3.8, 4) is 0 Å². The van der Waals surface area contributed by atoms with Gasteiger partial charge in [0.15, 0.2) is 0 Å². The lowest BCUT2D eigenvalue weighted by Crippen LogP contribution is -2.34. The van der Waals surface area contributed by atoms with E-state index in [1.54, 1.807) is 6.26 Å². The van der Waals surface area contributed by atoms with Gasteiger partial charge in [-0.3, -0.25) is 0 Å². The van der Waals surface area contributed by atoms with E-state index in [1.807, 2.05) is 19.2 Å². The van der Waals surface area contributed by atoms with E-state index in [9.17, 15) is 0 Å². The molecular formula is C12H22N2O. The van der Waals surface area contributed by atoms with Gasteiger partial charge in [-0.1, -0.05) is 6.92 Å². The number of nitrogens with one attached hydrogen (secondary N) is 2. The average Bonchev–Trinajstić information content (AvgIpc) is 2.68. The van der Waals surface area contributed by atoms with Gasteiger partial charge in [0.05, 0.1) is 6.26 Å². The molecule has 0 aliphatic carbocycles. The molecule has 0 aliphatic heterocycles. The van der Waals surface area contributed by atoms with Crippen LogP contribution >= 0.6 is 0 Å². The Hall–Kier alpha value is -0.800. The lowest BCUT2D eigenvalue weighted by Gasteiger charge is -2.16. The van der Waals surface area contributed by atoms with Crippen LogP contribution in [0.2, 0.25) is 0 Å². The first-order valence-corrected chi connectivity index (χ1v) is 5.62. The first-order valence-electron chi connectivity index (χ1n) is 5.62. The fourth-order valence-electron chi connectivity index (χ4n) is 1.63. The second kappa shape index (κ2) is 6.64. The third-order valence-corrected chi connectivity index (χ3v) is 2.45. The van der Waals surface area contributed by atoms with Crippen LogP contribution in [-0.2, 0) is 6.42 Å². The zero-order valence-corrected chi connectivity index (χ0v) is 9.92. The van der Waals surface area contributed by atoms with Crippen LogP contribution < -0.4 is 10.6 Å². The lowest BCUT2D eigenvalue weighted by atomic mass is 10.1. The number of furan rings is 1. The second-order valence-corrected chi connectivity index (χ2v) is 4.26. The minimum atomic E-state index is 0.468. The van der Waals surface area contributed by atoms with Gasteiger partial charge in [0.25, 0.3) is 0 Å². The molecule has 15 heavy (non-hydrogen) atoms. The van der Waals surface area contributed by atoms with Crippen LogP contribution in [0.3, 0.4) is 0 Å². The van der Waals surface area contributed by atoms with E-state index in [2.05, 4.69) is 24.5 Å². The van der Waals surface area contributed by atoms with Gasteiger partial charge < -0.3 is 15.1 Å². The van der Waals surface area contributed by atoms with E-state index in [0.717, 1.165) is 25.3 Å². The first kappa shape index (κ1) is 12.3. The summed E-state index contributed by atoms with van der Waals surface area (Å²) in [6.45, 7) is 6.53. The van der Waals surface area contributed by atoms with E-state index in [-0.39, 0.29) is 0 Å². The van der Waals surface area contributed by atoms with Gasteiger partial charge in [0.1, 0.15) is 5.76 Å². The van der Waals surface area contributed by atoms with Crippen LogP contribution in [-0.4, -0.2) is 26.2 Å². The van der Waals surface area contributed by atoms with E-state index in [0.29, 0.717) is 12.0 Å². The van der Waals surface area contributed by atoms with Crippen LogP contribution in [0.5, 0.6) is 0 Å². The van der Waals surface area contributed by atoms with Crippen LogP contribution in [0.1, 0.15) is 19.6 Å². The van der Waals surface area contributed by atoms with Crippen molar-refractivity contribution in [2.45, 2.75) is 26.3 Å². The zero-order valence-electron chi connectivity index (χ0n) is 9.92. The van der Waals surface area contributed by atoms with Crippen molar-refractivity contribution in [3.05, 3.63) is 24.2 Å². The third kappa shape index (κ3) is 5.00. The molecule has 1 rings (SSSR count). The van der Waals surface area contributed by atoms with E-state index in [1.165, 1.54) is 0 Å². The second-order valence-electron chi connectivity index (χ2n) is 4.26. The molecule has 1 aromatic heterocycles. The molecule has 2 unspecified atom stereocenters. The van der Waals surface area contributed by atoms with Crippen molar-refractivity contribution < 1.29 is 4.42 Å². The molecule has 1 aromatic rings. The zero-order chi connectivity index (χ0) is 11.1. The molecule has 3 nitrogen and oxygen atoms in total. The van der Waals surface area contributed by atoms with Crippen molar-refractivity contribution in [3.63, 3.8) is 0 Å². The predicted molar refractivity (Wildman–Crippen MR) is 63.0 cm³/mol. The average molecular weight is 210 g/mol. The van der Waals surface area contributed by atoms with Gasteiger partial charge in [-0.15, -0.1) is 0 Å². The molecule has 2 atom stereocenters. The summed E-state index contributed by atoms with van der Waals surface area (Å²) in [5, 5.41) is 6.68. The smallest absolute Gasteiger partial charge is 0.105 e.